The van der Waals surface area contributed by atoms with Crippen LogP contribution in [0.5, 0.6) is 0 Å². The molecule has 12 rings (SSSR count). The van der Waals surface area contributed by atoms with Crippen molar-refractivity contribution in [1.29, 1.82) is 0 Å². The summed E-state index contributed by atoms with van der Waals surface area (Å²) in [6, 6.07) is 0. The summed E-state index contributed by atoms with van der Waals surface area (Å²) in [6.07, 6.45) is -53.5. The van der Waals surface area contributed by atoms with Gasteiger partial charge in [0, 0.05) is 11.3 Å². The number of rotatable bonds is 18. The first-order valence-corrected chi connectivity index (χ1v) is 36.6. The second-order valence-corrected chi connectivity index (χ2v) is 33.6. The van der Waals surface area contributed by atoms with E-state index in [2.05, 4.69) is 33.8 Å². The molecule has 604 valence electrons. The first-order chi connectivity index (χ1) is 49.2. The number of carbonyl (C=O) groups excluding carboxylic acids is 1. The second-order valence-electron chi connectivity index (χ2n) is 33.6. The highest BCUT2D eigenvalue weighted by Gasteiger charge is 2.74. The fourth-order valence-corrected chi connectivity index (χ4v) is 20.3. The third-order valence-corrected chi connectivity index (χ3v) is 26.6. The van der Waals surface area contributed by atoms with Crippen molar-refractivity contribution >= 4 is 5.97 Å². The Bertz CT molecular complexity index is 3010. The van der Waals surface area contributed by atoms with E-state index in [9.17, 15) is 107 Å². The normalized spacial score (nSPS) is 55.8. The molecule has 4 saturated carbocycles. The minimum Gasteiger partial charge on any atom is -0.432 e. The third kappa shape index (κ3) is 14.0. The lowest BCUT2D eigenvalue weighted by atomic mass is 9.33. The average molecular weight is 1520 g/mol. The fourth-order valence-electron chi connectivity index (χ4n) is 20.3. The van der Waals surface area contributed by atoms with Gasteiger partial charge in [0.15, 0.2) is 43.8 Å². The van der Waals surface area contributed by atoms with E-state index in [-0.39, 0.29) is 30.6 Å². The number of allylic oxidation sites excluding steroid dienone is 2. The largest absolute Gasteiger partial charge is 0.432 e. The van der Waals surface area contributed by atoms with Gasteiger partial charge in [-0.25, -0.2) is 0 Å². The van der Waals surface area contributed by atoms with Crippen molar-refractivity contribution < 1.29 is 178 Å². The Balaban J connectivity index is 0.803. The summed E-state index contributed by atoms with van der Waals surface area (Å²) >= 11 is 0. The zero-order chi connectivity index (χ0) is 76.7. The fraction of sp³-hybridized carbons (Fsp3) is 0.957. The van der Waals surface area contributed by atoms with E-state index >= 15 is 4.79 Å². The maximum absolute atomic E-state index is 15.8. The van der Waals surface area contributed by atoms with Gasteiger partial charge in [0.2, 0.25) is 6.29 Å². The maximum Gasteiger partial charge on any atom is 0.315 e. The molecule has 42 atom stereocenters. The number of esters is 1. The second kappa shape index (κ2) is 30.6. The number of aliphatic hydroxyl groups is 21. The van der Waals surface area contributed by atoms with E-state index in [1.165, 1.54) is 13.8 Å². The quantitative estimate of drug-likeness (QED) is 0.0344. The number of hydrogen-bond donors (Lipinski definition) is 21. The predicted molar refractivity (Wildman–Crippen MR) is 344 cm³/mol. The summed E-state index contributed by atoms with van der Waals surface area (Å²) in [4.78, 5) is 15.8. The third-order valence-electron chi connectivity index (χ3n) is 26.6. The van der Waals surface area contributed by atoms with Gasteiger partial charge in [-0.3, -0.25) is 4.79 Å². The van der Waals surface area contributed by atoms with E-state index in [0.29, 0.717) is 32.1 Å². The van der Waals surface area contributed by atoms with Crippen molar-refractivity contribution in [2.45, 2.75) is 315 Å². The van der Waals surface area contributed by atoms with Gasteiger partial charge in [0.1, 0.15) is 128 Å². The van der Waals surface area contributed by atoms with Gasteiger partial charge < -0.3 is 174 Å². The molecule has 0 spiro atoms. The van der Waals surface area contributed by atoms with Crippen molar-refractivity contribution in [1.82, 2.24) is 0 Å². The molecule has 7 heterocycles. The van der Waals surface area contributed by atoms with Crippen LogP contribution in [0.25, 0.3) is 0 Å². The Morgan fingerprint density at radius 3 is 1.63 bits per heavy atom. The first-order valence-electron chi connectivity index (χ1n) is 36.6. The number of aliphatic hydroxyl groups excluding tert-OH is 20. The van der Waals surface area contributed by atoms with Gasteiger partial charge in [0.05, 0.1) is 82.2 Å². The van der Waals surface area contributed by atoms with Gasteiger partial charge in [0.25, 0.3) is 0 Å². The lowest BCUT2D eigenvalue weighted by molar-refractivity contribution is -0.408. The van der Waals surface area contributed by atoms with Crippen LogP contribution in [0.15, 0.2) is 11.6 Å². The Morgan fingerprint density at radius 1 is 0.476 bits per heavy atom. The summed E-state index contributed by atoms with van der Waals surface area (Å²) < 4.78 is 84.6. The molecule has 0 aromatic heterocycles. The molecule has 0 amide bonds. The summed E-state index contributed by atoms with van der Waals surface area (Å²) in [7, 11) is 0. The molecule has 7 saturated heterocycles. The highest BCUT2D eigenvalue weighted by molar-refractivity contribution is 5.79. The maximum atomic E-state index is 15.8. The van der Waals surface area contributed by atoms with Crippen molar-refractivity contribution in [3.63, 3.8) is 0 Å². The van der Waals surface area contributed by atoms with Crippen LogP contribution in [-0.2, 0) is 71.1 Å². The predicted octanol–water partition coefficient (Wildman–Crippen LogP) is -7.67. The molecular weight excluding hydrogens is 1400 g/mol. The Labute approximate surface area is 605 Å². The van der Waals surface area contributed by atoms with Crippen molar-refractivity contribution in [2.75, 3.05) is 46.2 Å². The van der Waals surface area contributed by atoms with Gasteiger partial charge in [-0.1, -0.05) is 53.2 Å². The Hall–Kier alpha value is -2.15. The molecule has 36 nitrogen and oxygen atoms in total. The zero-order valence-corrected chi connectivity index (χ0v) is 60.0. The molecular formula is C69H112O36. The van der Waals surface area contributed by atoms with E-state index in [0.717, 1.165) is 5.57 Å². The molecule has 0 radical (unpaired) electrons. The Kier molecular flexibility index (Phi) is 24.0. The highest BCUT2D eigenvalue weighted by Crippen LogP contribution is 2.76. The molecule has 11 fully saturated rings. The van der Waals surface area contributed by atoms with E-state index in [1.807, 2.05) is 6.92 Å². The molecule has 105 heavy (non-hydrogen) atoms. The van der Waals surface area contributed by atoms with Crippen molar-refractivity contribution in [3.8, 4) is 0 Å². The zero-order valence-electron chi connectivity index (χ0n) is 60.0. The lowest BCUT2D eigenvalue weighted by Crippen LogP contribution is -2.72. The van der Waals surface area contributed by atoms with Gasteiger partial charge in [-0.2, -0.15) is 0 Å². The number of fused-ring (bicyclic) bond motifs is 7. The summed E-state index contributed by atoms with van der Waals surface area (Å²) in [5, 5.41) is 235. The van der Waals surface area contributed by atoms with Crippen molar-refractivity contribution in [2.24, 2.45) is 50.2 Å². The van der Waals surface area contributed by atoms with Crippen LogP contribution in [0, 0.1) is 50.2 Å². The monoisotopic (exact) mass is 1520 g/mol. The molecule has 5 aliphatic carbocycles. The van der Waals surface area contributed by atoms with Crippen LogP contribution in [0.3, 0.4) is 0 Å². The average Bonchev–Trinajstić information content (AvgIpc) is 0.957. The van der Waals surface area contributed by atoms with E-state index < -0.39 is 299 Å². The molecule has 12 aliphatic rings. The van der Waals surface area contributed by atoms with Crippen LogP contribution >= 0.6 is 0 Å². The molecule has 0 unspecified atom stereocenters. The summed E-state index contributed by atoms with van der Waals surface area (Å²) in [6.45, 7) is 9.60. The van der Waals surface area contributed by atoms with Gasteiger partial charge in [-0.05, 0) is 98.7 Å². The molecule has 0 aromatic rings. The van der Waals surface area contributed by atoms with Crippen molar-refractivity contribution in [3.05, 3.63) is 11.6 Å². The molecule has 21 N–H and O–H groups in total. The van der Waals surface area contributed by atoms with Gasteiger partial charge >= 0.3 is 5.97 Å². The first kappa shape index (κ1) is 82.3. The van der Waals surface area contributed by atoms with E-state index in [1.54, 1.807) is 6.92 Å². The number of carbonyl (C=O) groups is 1. The molecule has 36 heteroatoms. The van der Waals surface area contributed by atoms with Crippen LogP contribution in [0.1, 0.15) is 107 Å². The summed E-state index contributed by atoms with van der Waals surface area (Å²) in [5.41, 5.74) is -6.91. The number of hydrogen-bond acceptors (Lipinski definition) is 36. The lowest BCUT2D eigenvalue weighted by Gasteiger charge is -2.72. The van der Waals surface area contributed by atoms with E-state index in [4.69, 9.17) is 66.3 Å². The standard InChI is InChI=1S/C69H112O36/c1-25-36(78)41(83)45(87)56(95-25)99-47-34(19-71)98-59(51(46(47)88)100-55-44(86)38(80)31(76)20-92-55)102-49-42(84)37(79)26(2)96-58(49)101-48-39(81)32(77)21-93-57(48)105-62(90)68-13-11-63(3,4)15-28(68)27-9-10-35-64(5)16-30(75)54(65(6,22-72)52(64)29(74)17-67(35,8)66(27,7)12-14-68)104-60-50(43(85)40(82)33(18-70)97-60)103-61-53(89)69(91,23-73)24-94-61/h9,25-26,28-61,70-89,91H,10-24H2,1-8H3/t25-,26-,28-,29+,30-,31+,32-,33+,34+,35+,36-,37-,38-,39-,40+,41+,42+,43-,44+,45+,46-,47+,48+,49+,50+,51+,52+,53-,54-,55-,56-,57-,58-,59-,60-,61-,64+,65-,66+,67+,68-,69+/m0/s1. The molecule has 0 aromatic carbocycles. The van der Waals surface area contributed by atoms with Gasteiger partial charge in [-0.15, -0.1) is 0 Å². The SMILES string of the molecule is C[C@@H]1O[C@@H](O[C@H]2[C@H](O)[C@@H](O[C@@H]3OC[C@@H](O)[C@H](O)[C@H]3O)[C@H](O[C@H]3[C@H](O[C@H]4[C@H](OC(=O)[C@]56CCC(C)(C)C[C@H]5C5=CC[C@@H]7[C@@]8(C)C[C@H](O)[C@H](O[C@@H]9O[C@H](CO)[C@@H](O)[C@H](O)[C@H]9O[C@@H]9OC[C@](O)(CO)[C@H]9O)[C@@](C)(CO)[C@@H]8[C@H](O)C[C@@]7(C)[C@]5(C)CC6)OC[C@H](O)[C@@H]4O)O[C@@H](C)[C@H](O)[C@H]3O)O[C@@H]2CO)[C@H](O)[C@H](O)[C@H]1O. The smallest absolute Gasteiger partial charge is 0.315 e. The molecule has 0 bridgehead atoms. The number of ether oxygens (including phenoxy) is 14. The topological polar surface area (TPSA) is 571 Å². The molecule has 7 aliphatic heterocycles. The Morgan fingerprint density at radius 2 is 1.00 bits per heavy atom. The summed E-state index contributed by atoms with van der Waals surface area (Å²) in [5.74, 6) is -2.41. The van der Waals surface area contributed by atoms with Crippen LogP contribution in [0.2, 0.25) is 0 Å². The van der Waals surface area contributed by atoms with Crippen LogP contribution in [-0.4, -0.2) is 368 Å². The highest BCUT2D eigenvalue weighted by atomic mass is 16.8. The minimum atomic E-state index is -2.16. The van der Waals surface area contributed by atoms with Crippen LogP contribution < -0.4 is 0 Å². The minimum absolute atomic E-state index is 0.0149. The van der Waals surface area contributed by atoms with Crippen LogP contribution in [0.4, 0.5) is 0 Å².